The molecule has 2 N–H and O–H groups in total. The highest BCUT2D eigenvalue weighted by molar-refractivity contribution is 5.82. The molecule has 0 bridgehead atoms. The number of urea groups is 1. The Morgan fingerprint density at radius 3 is 2.06 bits per heavy atom. The number of nitrogens with zero attached hydrogens (tertiary/aromatic N) is 2. The van der Waals surface area contributed by atoms with Crippen LogP contribution in [0.1, 0.15) is 34.1 Å². The van der Waals surface area contributed by atoms with E-state index in [1.165, 1.54) is 16.8 Å². The summed E-state index contributed by atoms with van der Waals surface area (Å²) in [6, 6.07) is -1.22. The molecule has 106 valence electrons. The van der Waals surface area contributed by atoms with Crippen LogP contribution >= 0.6 is 0 Å². The van der Waals surface area contributed by atoms with Gasteiger partial charge in [0.1, 0.15) is 6.04 Å². The van der Waals surface area contributed by atoms with Gasteiger partial charge in [-0.1, -0.05) is 6.92 Å². The predicted octanol–water partition coefficient (Wildman–Crippen LogP) is 0.994. The summed E-state index contributed by atoms with van der Waals surface area (Å²) < 4.78 is 0. The van der Waals surface area contributed by atoms with Crippen molar-refractivity contribution in [2.75, 3.05) is 20.1 Å². The SMILES string of the molecule is CCC(C(=O)O)N(C)C(=O)N(CC)CC(C)(C)O. The quantitative estimate of drug-likeness (QED) is 0.746. The molecule has 0 saturated heterocycles. The molecule has 0 aromatic rings. The highest BCUT2D eigenvalue weighted by Crippen LogP contribution is 2.10. The first-order valence-electron chi connectivity index (χ1n) is 6.11. The molecule has 0 aromatic heterocycles. The number of amides is 2. The van der Waals surface area contributed by atoms with Gasteiger partial charge in [0.2, 0.25) is 0 Å². The second-order valence-corrected chi connectivity index (χ2v) is 4.98. The Morgan fingerprint density at radius 1 is 1.28 bits per heavy atom. The maximum atomic E-state index is 12.1. The van der Waals surface area contributed by atoms with Crippen molar-refractivity contribution in [3.8, 4) is 0 Å². The number of carboxylic acids is 1. The van der Waals surface area contributed by atoms with E-state index in [2.05, 4.69) is 0 Å². The number of hydrogen-bond donors (Lipinski definition) is 2. The molecule has 0 saturated carbocycles. The summed E-state index contributed by atoms with van der Waals surface area (Å²) in [7, 11) is 1.47. The van der Waals surface area contributed by atoms with Gasteiger partial charge in [-0.15, -0.1) is 0 Å². The molecule has 0 heterocycles. The minimum atomic E-state index is -1.02. The Bertz CT molecular complexity index is 299. The number of rotatable bonds is 6. The van der Waals surface area contributed by atoms with Crippen molar-refractivity contribution in [2.45, 2.75) is 45.8 Å². The fraction of sp³-hybridized carbons (Fsp3) is 0.833. The first-order valence-corrected chi connectivity index (χ1v) is 6.11. The van der Waals surface area contributed by atoms with E-state index in [1.54, 1.807) is 27.7 Å². The number of aliphatic carboxylic acids is 1. The van der Waals surface area contributed by atoms with E-state index in [-0.39, 0.29) is 12.6 Å². The van der Waals surface area contributed by atoms with Crippen LogP contribution in [0, 0.1) is 0 Å². The minimum Gasteiger partial charge on any atom is -0.480 e. The van der Waals surface area contributed by atoms with Gasteiger partial charge >= 0.3 is 12.0 Å². The molecule has 0 aliphatic rings. The second kappa shape index (κ2) is 6.58. The average molecular weight is 260 g/mol. The first kappa shape index (κ1) is 16.7. The molecular weight excluding hydrogens is 236 g/mol. The van der Waals surface area contributed by atoms with Gasteiger partial charge in [-0.05, 0) is 27.2 Å². The average Bonchev–Trinajstić information content (AvgIpc) is 2.23. The van der Waals surface area contributed by atoms with Crippen LogP contribution in [0.4, 0.5) is 4.79 Å². The Labute approximate surface area is 108 Å². The third kappa shape index (κ3) is 4.91. The van der Waals surface area contributed by atoms with Crippen LogP contribution in [0.2, 0.25) is 0 Å². The smallest absolute Gasteiger partial charge is 0.326 e. The molecule has 6 nitrogen and oxygen atoms in total. The summed E-state index contributed by atoms with van der Waals surface area (Å²) in [6.07, 6.45) is 0.345. The van der Waals surface area contributed by atoms with Crippen LogP contribution in [0.5, 0.6) is 0 Å². The van der Waals surface area contributed by atoms with Crippen molar-refractivity contribution in [2.24, 2.45) is 0 Å². The zero-order chi connectivity index (χ0) is 14.5. The Hall–Kier alpha value is -1.30. The number of likely N-dealkylation sites (N-methyl/N-ethyl adjacent to an activating group) is 2. The van der Waals surface area contributed by atoms with E-state index in [1.807, 2.05) is 0 Å². The number of carbonyl (C=O) groups is 2. The number of carbonyl (C=O) groups excluding carboxylic acids is 1. The lowest BCUT2D eigenvalue weighted by Gasteiger charge is -2.33. The largest absolute Gasteiger partial charge is 0.480 e. The predicted molar refractivity (Wildman–Crippen MR) is 68.4 cm³/mol. The van der Waals surface area contributed by atoms with Gasteiger partial charge in [0, 0.05) is 13.6 Å². The van der Waals surface area contributed by atoms with E-state index >= 15 is 0 Å². The molecule has 1 unspecified atom stereocenters. The topological polar surface area (TPSA) is 81.1 Å². The van der Waals surface area contributed by atoms with E-state index in [0.717, 1.165) is 0 Å². The number of hydrogen-bond acceptors (Lipinski definition) is 3. The molecule has 0 aromatic carbocycles. The maximum Gasteiger partial charge on any atom is 0.326 e. The van der Waals surface area contributed by atoms with Crippen LogP contribution in [0.3, 0.4) is 0 Å². The standard InChI is InChI=1S/C12H24N2O4/c1-6-9(10(15)16)13(5)11(17)14(7-2)8-12(3,4)18/h9,18H,6-8H2,1-5H3,(H,15,16). The molecule has 0 aliphatic carbocycles. The maximum absolute atomic E-state index is 12.1. The lowest BCUT2D eigenvalue weighted by atomic mass is 10.1. The zero-order valence-corrected chi connectivity index (χ0v) is 11.8. The van der Waals surface area contributed by atoms with Crippen LogP contribution in [-0.4, -0.2) is 63.8 Å². The first-order chi connectivity index (χ1) is 8.14. The van der Waals surface area contributed by atoms with Crippen molar-refractivity contribution in [3.63, 3.8) is 0 Å². The molecule has 0 rings (SSSR count). The monoisotopic (exact) mass is 260 g/mol. The molecule has 6 heteroatoms. The highest BCUT2D eigenvalue weighted by Gasteiger charge is 2.29. The van der Waals surface area contributed by atoms with Gasteiger partial charge in [0.15, 0.2) is 0 Å². The van der Waals surface area contributed by atoms with Gasteiger partial charge in [-0.2, -0.15) is 0 Å². The third-order valence-corrected chi connectivity index (χ3v) is 2.67. The van der Waals surface area contributed by atoms with Crippen molar-refractivity contribution in [1.29, 1.82) is 0 Å². The zero-order valence-electron chi connectivity index (χ0n) is 11.8. The molecule has 1 atom stereocenters. The molecular formula is C12H24N2O4. The van der Waals surface area contributed by atoms with Crippen molar-refractivity contribution in [1.82, 2.24) is 9.80 Å². The lowest BCUT2D eigenvalue weighted by Crippen LogP contribution is -2.51. The van der Waals surface area contributed by atoms with Crippen LogP contribution in [0.15, 0.2) is 0 Å². The summed E-state index contributed by atoms with van der Waals surface area (Å²) in [5.41, 5.74) is -1.00. The van der Waals surface area contributed by atoms with E-state index in [9.17, 15) is 14.7 Å². The van der Waals surface area contributed by atoms with Crippen molar-refractivity contribution >= 4 is 12.0 Å². The van der Waals surface area contributed by atoms with Crippen LogP contribution in [-0.2, 0) is 4.79 Å². The summed E-state index contributed by atoms with van der Waals surface area (Å²) in [6.45, 7) is 7.31. The summed E-state index contributed by atoms with van der Waals surface area (Å²) in [4.78, 5) is 25.8. The van der Waals surface area contributed by atoms with Gasteiger partial charge in [0.25, 0.3) is 0 Å². The van der Waals surface area contributed by atoms with E-state index in [4.69, 9.17) is 5.11 Å². The van der Waals surface area contributed by atoms with Crippen molar-refractivity contribution < 1.29 is 19.8 Å². The van der Waals surface area contributed by atoms with Gasteiger partial charge in [0.05, 0.1) is 12.1 Å². The highest BCUT2D eigenvalue weighted by atomic mass is 16.4. The number of carboxylic acid groups (broad SMARTS) is 1. The fourth-order valence-electron chi connectivity index (χ4n) is 1.75. The number of aliphatic hydroxyl groups is 1. The Morgan fingerprint density at radius 2 is 1.78 bits per heavy atom. The summed E-state index contributed by atoms with van der Waals surface area (Å²) in [5, 5.41) is 18.7. The van der Waals surface area contributed by atoms with Crippen molar-refractivity contribution in [3.05, 3.63) is 0 Å². The second-order valence-electron chi connectivity index (χ2n) is 4.98. The molecule has 0 radical (unpaired) electrons. The van der Waals surface area contributed by atoms with Crippen LogP contribution < -0.4 is 0 Å². The Balaban J connectivity index is 4.83. The van der Waals surface area contributed by atoms with E-state index in [0.29, 0.717) is 13.0 Å². The van der Waals surface area contributed by atoms with Gasteiger partial charge < -0.3 is 20.0 Å². The normalized spacial score (nSPS) is 13.0. The molecule has 18 heavy (non-hydrogen) atoms. The molecule has 2 amide bonds. The minimum absolute atomic E-state index is 0.169. The van der Waals surface area contributed by atoms with E-state index < -0.39 is 17.6 Å². The lowest BCUT2D eigenvalue weighted by molar-refractivity contribution is -0.142. The fourth-order valence-corrected chi connectivity index (χ4v) is 1.75. The molecule has 0 spiro atoms. The van der Waals surface area contributed by atoms with Gasteiger partial charge in [-0.3, -0.25) is 0 Å². The Kier molecular flexibility index (Phi) is 6.11. The van der Waals surface area contributed by atoms with Gasteiger partial charge in [-0.25, -0.2) is 9.59 Å². The third-order valence-electron chi connectivity index (χ3n) is 2.67. The molecule has 0 aliphatic heterocycles. The molecule has 0 fully saturated rings. The van der Waals surface area contributed by atoms with Crippen LogP contribution in [0.25, 0.3) is 0 Å². The summed E-state index contributed by atoms with van der Waals surface area (Å²) >= 11 is 0. The summed E-state index contributed by atoms with van der Waals surface area (Å²) in [5.74, 6) is -1.02.